The number of piperazine rings is 1. The van der Waals surface area contributed by atoms with E-state index in [1.54, 1.807) is 4.52 Å². The summed E-state index contributed by atoms with van der Waals surface area (Å²) in [6, 6.07) is 10.7. The molecule has 0 spiro atoms. The molecule has 0 radical (unpaired) electrons. The largest absolute Gasteiger partial charge is 0.416 e. The number of aromatic nitrogens is 7. The number of alkyl halides is 3. The fourth-order valence-corrected chi connectivity index (χ4v) is 4.68. The number of benzene rings is 2. The van der Waals surface area contributed by atoms with Crippen LogP contribution in [0.4, 0.5) is 52.6 Å². The standard InChI is InChI=1S/C26H22ClF4N11/c1-15-11-21(42-24(34-15)32-14-33-42)40-7-9-41(10-8-40)25-38-22(35-17-4-2-3-16(12-17)26(29,30)31)37-23(39-25)36-18-5-6-20(28)19(27)13-18/h2-6,11-14H,7-10H2,1H3,(H2,35,36,37,38,39). The molecule has 0 bridgehead atoms. The molecule has 5 aromatic rings. The minimum absolute atomic E-state index is 0.0199. The molecule has 6 rings (SSSR count). The van der Waals surface area contributed by atoms with E-state index < -0.39 is 17.6 Å². The van der Waals surface area contributed by atoms with Crippen LogP contribution in [-0.4, -0.2) is 60.7 Å². The van der Waals surface area contributed by atoms with Crippen LogP contribution in [0.15, 0.2) is 54.9 Å². The van der Waals surface area contributed by atoms with Gasteiger partial charge in [0, 0.05) is 49.3 Å². The highest BCUT2D eigenvalue weighted by molar-refractivity contribution is 6.31. The lowest BCUT2D eigenvalue weighted by Gasteiger charge is -2.36. The molecule has 3 aromatic heterocycles. The molecule has 0 amide bonds. The number of nitrogens with zero attached hydrogens (tertiary/aromatic N) is 9. The van der Waals surface area contributed by atoms with E-state index in [-0.39, 0.29) is 22.6 Å². The number of rotatable bonds is 6. The summed E-state index contributed by atoms with van der Waals surface area (Å²) in [6.45, 7) is 4.12. The van der Waals surface area contributed by atoms with Crippen LogP contribution in [0, 0.1) is 12.7 Å². The molecule has 2 N–H and O–H groups in total. The SMILES string of the molecule is Cc1cc(N2CCN(c3nc(Nc4cccc(C(F)(F)F)c4)nc(Nc4ccc(F)c(Cl)c4)n3)CC2)n2ncnc2n1. The van der Waals surface area contributed by atoms with Crippen molar-refractivity contribution < 1.29 is 17.6 Å². The second-order valence-electron chi connectivity index (χ2n) is 9.44. The van der Waals surface area contributed by atoms with Crippen molar-refractivity contribution in [3.63, 3.8) is 0 Å². The van der Waals surface area contributed by atoms with Gasteiger partial charge < -0.3 is 20.4 Å². The first-order chi connectivity index (χ1) is 20.1. The predicted molar refractivity (Wildman–Crippen MR) is 149 cm³/mol. The van der Waals surface area contributed by atoms with Gasteiger partial charge in [0.2, 0.25) is 17.8 Å². The van der Waals surface area contributed by atoms with Crippen LogP contribution < -0.4 is 20.4 Å². The number of halogens is 5. The van der Waals surface area contributed by atoms with Crippen LogP contribution in [0.1, 0.15) is 11.3 Å². The van der Waals surface area contributed by atoms with E-state index in [1.807, 2.05) is 17.9 Å². The van der Waals surface area contributed by atoms with Crippen LogP contribution in [0.5, 0.6) is 0 Å². The van der Waals surface area contributed by atoms with Crippen LogP contribution >= 0.6 is 11.6 Å². The molecule has 0 saturated carbocycles. The second kappa shape index (κ2) is 10.9. The highest BCUT2D eigenvalue weighted by Crippen LogP contribution is 2.32. The number of hydrogen-bond donors (Lipinski definition) is 2. The molecule has 2 aromatic carbocycles. The third-order valence-corrected chi connectivity index (χ3v) is 6.78. The van der Waals surface area contributed by atoms with Crippen LogP contribution in [-0.2, 0) is 6.18 Å². The van der Waals surface area contributed by atoms with E-state index in [4.69, 9.17) is 11.6 Å². The maximum absolute atomic E-state index is 13.7. The van der Waals surface area contributed by atoms with Crippen molar-refractivity contribution in [2.75, 3.05) is 46.6 Å². The van der Waals surface area contributed by atoms with Crippen molar-refractivity contribution in [1.82, 2.24) is 34.5 Å². The Morgan fingerprint density at radius 3 is 2.21 bits per heavy atom. The van der Waals surface area contributed by atoms with Crippen molar-refractivity contribution in [3.05, 3.63) is 77.0 Å². The number of fused-ring (bicyclic) bond motifs is 1. The third kappa shape index (κ3) is 5.81. The smallest absolute Gasteiger partial charge is 0.353 e. The summed E-state index contributed by atoms with van der Waals surface area (Å²) in [4.78, 5) is 26.0. The van der Waals surface area contributed by atoms with Gasteiger partial charge in [0.15, 0.2) is 0 Å². The van der Waals surface area contributed by atoms with Gasteiger partial charge in [-0.25, -0.2) is 9.37 Å². The molecule has 0 unspecified atom stereocenters. The van der Waals surface area contributed by atoms with Crippen LogP contribution in [0.25, 0.3) is 5.78 Å². The first-order valence-electron chi connectivity index (χ1n) is 12.7. The lowest BCUT2D eigenvalue weighted by molar-refractivity contribution is -0.137. The molecule has 4 heterocycles. The van der Waals surface area contributed by atoms with E-state index in [1.165, 1.54) is 36.7 Å². The monoisotopic (exact) mass is 599 g/mol. The Kier molecular flexibility index (Phi) is 7.10. The fraction of sp³-hybridized carbons (Fsp3) is 0.231. The average Bonchev–Trinajstić information content (AvgIpc) is 3.43. The quantitative estimate of drug-likeness (QED) is 0.251. The first-order valence-corrected chi connectivity index (χ1v) is 13.1. The number of nitrogens with one attached hydrogen (secondary N) is 2. The lowest BCUT2D eigenvalue weighted by Crippen LogP contribution is -2.47. The molecule has 16 heteroatoms. The summed E-state index contributed by atoms with van der Waals surface area (Å²) in [5.74, 6) is 1.18. The number of anilines is 6. The lowest BCUT2D eigenvalue weighted by atomic mass is 10.2. The zero-order valence-electron chi connectivity index (χ0n) is 21.9. The summed E-state index contributed by atoms with van der Waals surface area (Å²) >= 11 is 5.93. The van der Waals surface area contributed by atoms with Crippen molar-refractivity contribution in [3.8, 4) is 0 Å². The van der Waals surface area contributed by atoms with Gasteiger partial charge in [-0.3, -0.25) is 0 Å². The van der Waals surface area contributed by atoms with Crippen molar-refractivity contribution in [1.29, 1.82) is 0 Å². The van der Waals surface area contributed by atoms with Gasteiger partial charge in [0.1, 0.15) is 18.0 Å². The molecule has 1 saturated heterocycles. The molecular weight excluding hydrogens is 578 g/mol. The topological polar surface area (TPSA) is 112 Å². The normalized spacial score (nSPS) is 14.0. The van der Waals surface area contributed by atoms with Crippen molar-refractivity contribution >= 4 is 52.4 Å². The first kappa shape index (κ1) is 27.4. The second-order valence-corrected chi connectivity index (χ2v) is 9.85. The van der Waals surface area contributed by atoms with Crippen LogP contribution in [0.3, 0.4) is 0 Å². The zero-order valence-corrected chi connectivity index (χ0v) is 22.7. The Hall–Kier alpha value is -4.79. The summed E-state index contributed by atoms with van der Waals surface area (Å²) in [5.41, 5.74) is 0.558. The predicted octanol–water partition coefficient (Wildman–Crippen LogP) is 5.24. The molecule has 216 valence electrons. The molecular formula is C26H22ClF4N11. The highest BCUT2D eigenvalue weighted by atomic mass is 35.5. The van der Waals surface area contributed by atoms with Crippen molar-refractivity contribution in [2.24, 2.45) is 0 Å². The van der Waals surface area contributed by atoms with Gasteiger partial charge >= 0.3 is 6.18 Å². The van der Waals surface area contributed by atoms with E-state index in [0.717, 1.165) is 23.6 Å². The van der Waals surface area contributed by atoms with Crippen molar-refractivity contribution in [2.45, 2.75) is 13.1 Å². The Labute approximate surface area is 241 Å². The molecule has 1 aliphatic rings. The summed E-state index contributed by atoms with van der Waals surface area (Å²) in [5, 5.41) is 10.0. The maximum atomic E-state index is 13.7. The molecule has 42 heavy (non-hydrogen) atoms. The van der Waals surface area contributed by atoms with E-state index in [0.29, 0.717) is 43.6 Å². The molecule has 1 aliphatic heterocycles. The van der Waals surface area contributed by atoms with Crippen LogP contribution in [0.2, 0.25) is 5.02 Å². The van der Waals surface area contributed by atoms with E-state index in [2.05, 4.69) is 45.6 Å². The zero-order chi connectivity index (χ0) is 29.4. The van der Waals surface area contributed by atoms with Gasteiger partial charge in [-0.05, 0) is 43.3 Å². The Balaban J connectivity index is 1.28. The summed E-state index contributed by atoms with van der Waals surface area (Å²) < 4.78 is 55.2. The van der Waals surface area contributed by atoms with Gasteiger partial charge in [0.05, 0.1) is 10.6 Å². The maximum Gasteiger partial charge on any atom is 0.416 e. The molecule has 11 nitrogen and oxygen atoms in total. The average molecular weight is 600 g/mol. The van der Waals surface area contributed by atoms with Gasteiger partial charge in [-0.1, -0.05) is 17.7 Å². The molecule has 0 atom stereocenters. The Morgan fingerprint density at radius 2 is 1.52 bits per heavy atom. The molecule has 1 fully saturated rings. The fourth-order valence-electron chi connectivity index (χ4n) is 4.50. The van der Waals surface area contributed by atoms with Gasteiger partial charge in [-0.15, -0.1) is 0 Å². The number of hydrogen-bond acceptors (Lipinski definition) is 10. The highest BCUT2D eigenvalue weighted by Gasteiger charge is 2.30. The molecule has 0 aliphatic carbocycles. The summed E-state index contributed by atoms with van der Waals surface area (Å²) in [6.07, 6.45) is -3.06. The number of aryl methyl sites for hydroxylation is 1. The Morgan fingerprint density at radius 1 is 0.833 bits per heavy atom. The third-order valence-electron chi connectivity index (χ3n) is 6.49. The van der Waals surface area contributed by atoms with Gasteiger partial charge in [0.25, 0.3) is 5.78 Å². The van der Waals surface area contributed by atoms with E-state index in [9.17, 15) is 17.6 Å². The Bertz CT molecular complexity index is 1750. The van der Waals surface area contributed by atoms with Gasteiger partial charge in [-0.2, -0.15) is 42.7 Å². The summed E-state index contributed by atoms with van der Waals surface area (Å²) in [7, 11) is 0. The minimum atomic E-state index is -4.51. The minimum Gasteiger partial charge on any atom is -0.353 e. The van der Waals surface area contributed by atoms with E-state index >= 15 is 0 Å².